The number of amides is 2. The lowest BCUT2D eigenvalue weighted by molar-refractivity contribution is -0.118. The first-order valence-electron chi connectivity index (χ1n) is 27.7. The van der Waals surface area contributed by atoms with Gasteiger partial charge in [0.1, 0.15) is 33.0 Å². The van der Waals surface area contributed by atoms with Crippen LogP contribution in [0.3, 0.4) is 0 Å². The van der Waals surface area contributed by atoms with E-state index in [1.54, 1.807) is 0 Å². The van der Waals surface area contributed by atoms with Crippen LogP contribution in [0, 0.1) is 0 Å². The van der Waals surface area contributed by atoms with Gasteiger partial charge in [-0.2, -0.15) is 0 Å². The Labute approximate surface area is 490 Å². The Hall–Kier alpha value is -7.94. The second-order valence-electron chi connectivity index (χ2n) is 25.3. The third kappa shape index (κ3) is 14.6. The fraction of sp³-hybridized carbons (Fsp3) is 0.324. The van der Waals surface area contributed by atoms with E-state index in [0.29, 0.717) is 54.0 Å². The summed E-state index contributed by atoms with van der Waals surface area (Å²) in [7, 11) is 0. The van der Waals surface area contributed by atoms with Crippen LogP contribution in [-0.4, -0.2) is 55.6 Å². The molecule has 12 nitrogen and oxygen atoms in total. The van der Waals surface area contributed by atoms with Crippen LogP contribution in [0.25, 0.3) is 24.3 Å². The Morgan fingerprint density at radius 1 is 0.439 bits per heavy atom. The zero-order valence-electron chi connectivity index (χ0n) is 49.1. The minimum atomic E-state index is -0.416. The van der Waals surface area contributed by atoms with Crippen molar-refractivity contribution in [3.05, 3.63) is 197 Å². The summed E-state index contributed by atoms with van der Waals surface area (Å²) in [4.78, 5) is 27.9. The van der Waals surface area contributed by atoms with E-state index in [0.717, 1.165) is 55.6 Å². The Bertz CT molecular complexity index is 3360. The molecule has 8 bridgehead atoms. The number of aromatic nitrogens is 4. The van der Waals surface area contributed by atoms with E-state index < -0.39 is 11.8 Å². The van der Waals surface area contributed by atoms with Crippen LogP contribution in [0.4, 0.5) is 10.3 Å². The van der Waals surface area contributed by atoms with E-state index in [9.17, 15) is 19.8 Å². The summed E-state index contributed by atoms with van der Waals surface area (Å²) in [6.07, 6.45) is 8.60. The molecule has 424 valence electrons. The van der Waals surface area contributed by atoms with Gasteiger partial charge in [-0.1, -0.05) is 227 Å². The summed E-state index contributed by atoms with van der Waals surface area (Å²) in [5.74, 6) is 0.396. The number of anilines is 2. The number of nitrogens with one attached hydrogen (secondary N) is 2. The number of nitrogens with zero attached hydrogens (tertiary/aromatic N) is 4. The summed E-state index contributed by atoms with van der Waals surface area (Å²) in [6, 6.07) is 36.5. The second-order valence-corrected chi connectivity index (χ2v) is 27.3. The predicted octanol–water partition coefficient (Wildman–Crippen LogP) is 15.0. The van der Waals surface area contributed by atoms with Gasteiger partial charge in [0.2, 0.25) is 10.3 Å². The minimum absolute atomic E-state index is 0.123. The van der Waals surface area contributed by atoms with Gasteiger partial charge >= 0.3 is 0 Å². The maximum atomic E-state index is 14.0. The summed E-state index contributed by atoms with van der Waals surface area (Å²) in [6.45, 7) is 25.2. The monoisotopic (exact) mass is 1130 g/mol. The fourth-order valence-corrected chi connectivity index (χ4v) is 11.1. The first-order valence-corrected chi connectivity index (χ1v) is 29.4. The number of phenols is 2. The van der Waals surface area contributed by atoms with Crippen molar-refractivity contribution in [3.63, 3.8) is 0 Å². The summed E-state index contributed by atoms with van der Waals surface area (Å²) in [5.41, 5.74) is 10.6. The molecule has 1 aliphatic rings. The minimum Gasteiger partial charge on any atom is -0.507 e. The van der Waals surface area contributed by atoms with Crippen LogP contribution in [0.15, 0.2) is 109 Å². The van der Waals surface area contributed by atoms with Gasteiger partial charge in [0.15, 0.2) is 13.2 Å². The lowest BCUT2D eigenvalue weighted by Crippen LogP contribution is -2.22. The molecule has 1 aliphatic carbocycles. The van der Waals surface area contributed by atoms with Gasteiger partial charge in [-0.05, 0) is 112 Å². The molecule has 2 heterocycles. The molecule has 0 saturated carbocycles. The Balaban J connectivity index is 1.15. The third-order valence-corrected chi connectivity index (χ3v) is 16.1. The predicted molar refractivity (Wildman–Crippen MR) is 334 cm³/mol. The first-order chi connectivity index (χ1) is 38.7. The van der Waals surface area contributed by atoms with Crippen molar-refractivity contribution in [2.24, 2.45) is 0 Å². The number of carbonyl (C=O) groups excluding carboxylic acids is 2. The summed E-state index contributed by atoms with van der Waals surface area (Å²) in [5, 5.41) is 50.4. The Morgan fingerprint density at radius 2 is 0.720 bits per heavy atom. The molecule has 9 rings (SSSR count). The topological polar surface area (TPSA) is 169 Å². The molecule has 8 aromatic rings. The quantitative estimate of drug-likeness (QED) is 0.0924. The number of hydrogen-bond donors (Lipinski definition) is 4. The van der Waals surface area contributed by atoms with Crippen molar-refractivity contribution >= 4 is 69.1 Å². The maximum Gasteiger partial charge on any atom is 0.264 e. The molecule has 4 N–H and O–H groups in total. The highest BCUT2D eigenvalue weighted by molar-refractivity contribution is 7.16. The van der Waals surface area contributed by atoms with Gasteiger partial charge in [0.05, 0.1) is 0 Å². The van der Waals surface area contributed by atoms with E-state index in [1.807, 2.05) is 85.0 Å². The molecule has 2 aromatic heterocycles. The largest absolute Gasteiger partial charge is 0.507 e. The van der Waals surface area contributed by atoms with Gasteiger partial charge in [-0.25, -0.2) is 0 Å². The average Bonchev–Trinajstić information content (AvgIpc) is 4.06. The van der Waals surface area contributed by atoms with Gasteiger partial charge in [-0.15, -0.1) is 20.4 Å². The van der Waals surface area contributed by atoms with Crippen molar-refractivity contribution in [2.45, 2.75) is 130 Å². The van der Waals surface area contributed by atoms with E-state index in [4.69, 9.17) is 9.47 Å². The molecule has 0 unspecified atom stereocenters. The molecule has 0 spiro atoms. The van der Waals surface area contributed by atoms with E-state index in [1.165, 1.54) is 22.7 Å². The lowest BCUT2D eigenvalue weighted by atomic mass is 9.79. The molecule has 0 aliphatic heterocycles. The summed E-state index contributed by atoms with van der Waals surface area (Å²) >= 11 is 2.52. The molecule has 14 heteroatoms. The average molecular weight is 1140 g/mol. The zero-order valence-corrected chi connectivity index (χ0v) is 50.7. The van der Waals surface area contributed by atoms with Crippen LogP contribution in [0.5, 0.6) is 23.0 Å². The van der Waals surface area contributed by atoms with Gasteiger partial charge in [0, 0.05) is 25.7 Å². The first kappa shape index (κ1) is 58.7. The van der Waals surface area contributed by atoms with Crippen LogP contribution in [0.2, 0.25) is 0 Å². The summed E-state index contributed by atoms with van der Waals surface area (Å²) < 4.78 is 13.5. The van der Waals surface area contributed by atoms with Crippen molar-refractivity contribution < 1.29 is 29.3 Å². The number of hydrogen-bond acceptors (Lipinski definition) is 12. The zero-order chi connectivity index (χ0) is 58.7. The Kier molecular flexibility index (Phi) is 17.1. The number of phenolic OH excluding ortho intramolecular Hbond substituents is 2. The van der Waals surface area contributed by atoms with Crippen LogP contribution >= 0.6 is 22.7 Å². The number of aromatic hydroxyl groups is 2. The van der Waals surface area contributed by atoms with Crippen molar-refractivity contribution in [1.29, 1.82) is 0 Å². The number of rotatable bonds is 12. The van der Waals surface area contributed by atoms with Crippen molar-refractivity contribution in [3.8, 4) is 23.0 Å². The number of carbonyl (C=O) groups is 2. The molecule has 0 radical (unpaired) electrons. The number of benzene rings is 6. The normalized spacial score (nSPS) is 13.1. The lowest BCUT2D eigenvalue weighted by Gasteiger charge is -2.28. The standard InChI is InChI=1S/C68H74N6O6S2/c1-65(2,3)51-31-43-27-47-35-53(67(7,8)9)37-49(61(47)79-39-55(75)69-63-73-71-57(81-63)25-23-41-19-15-13-16-20-41)29-45-33-52(66(4,5)6)34-46(60(45)78)30-50-38-54(68(10,11)12)36-48(28-44(32-51)59(43)77)62(50)80-40-56(76)70-64-74-72-58(82-64)26-24-42-21-17-14-18-22-42/h13-26,31-38,77-78H,27-30,39-40H2,1-12H3,(H,69,73,75)(H,70,74,76)/b25-23+,26-24+. The van der Waals surface area contributed by atoms with E-state index in [-0.39, 0.29) is 72.1 Å². The number of fused-ring (bicyclic) bond motifs is 8. The molecule has 2 amide bonds. The molecule has 0 atom stereocenters. The van der Waals surface area contributed by atoms with E-state index >= 15 is 0 Å². The van der Waals surface area contributed by atoms with Gasteiger partial charge in [0.25, 0.3) is 11.8 Å². The molecular weight excluding hydrogens is 1060 g/mol. The fourth-order valence-electron chi connectivity index (χ4n) is 9.77. The highest BCUT2D eigenvalue weighted by Crippen LogP contribution is 2.44. The maximum absolute atomic E-state index is 14.0. The Morgan fingerprint density at radius 3 is 1.00 bits per heavy atom. The van der Waals surface area contributed by atoms with Crippen molar-refractivity contribution in [1.82, 2.24) is 20.4 Å². The highest BCUT2D eigenvalue weighted by Gasteiger charge is 2.29. The molecular formula is C68H74N6O6S2. The molecule has 0 fully saturated rings. The smallest absolute Gasteiger partial charge is 0.264 e. The molecule has 82 heavy (non-hydrogen) atoms. The van der Waals surface area contributed by atoms with Crippen LogP contribution < -0.4 is 20.1 Å². The van der Waals surface area contributed by atoms with Crippen LogP contribution in [-0.2, 0) is 56.9 Å². The highest BCUT2D eigenvalue weighted by atomic mass is 32.1. The molecule has 0 saturated heterocycles. The SMILES string of the molecule is CC(C)(C)c1cc2c(O)c(c1)Cc1cc(C(C)(C)C)cc(c1OCC(=O)Nc1nnc(/C=C/c3ccccc3)s1)Cc1cc(C(C)(C)C)cc(c1O)Cc1cc(C(C)(C)C)cc(c1OCC(=O)Nc1nnc(/C=C/c3ccccc3)s1)C2. The molecule has 6 aromatic carbocycles. The van der Waals surface area contributed by atoms with Gasteiger partial charge in [-0.3, -0.25) is 20.2 Å². The van der Waals surface area contributed by atoms with Crippen molar-refractivity contribution in [2.75, 3.05) is 23.8 Å². The van der Waals surface area contributed by atoms with Gasteiger partial charge < -0.3 is 19.7 Å². The third-order valence-electron chi connectivity index (χ3n) is 14.5. The van der Waals surface area contributed by atoms with Crippen LogP contribution in [0.1, 0.15) is 171 Å². The number of ether oxygens (including phenoxy) is 2. The van der Waals surface area contributed by atoms with E-state index in [2.05, 4.69) is 163 Å². The second kappa shape index (κ2) is 23.9.